The summed E-state index contributed by atoms with van der Waals surface area (Å²) < 4.78 is 0. The number of benzene rings is 2. The molecule has 0 bridgehead atoms. The molecule has 2 aliphatic rings. The molecule has 5 heteroatoms. The number of fused-ring (bicyclic) bond motifs is 2. The topological polar surface area (TPSA) is 43.9 Å². The molecule has 1 atom stereocenters. The first-order valence-electron chi connectivity index (χ1n) is 11.0. The fraction of sp³-hybridized carbons (Fsp3) is 0.440. The maximum Gasteiger partial charge on any atom is 0.327 e. The van der Waals surface area contributed by atoms with Crippen LogP contribution in [0.5, 0.6) is 0 Å². The summed E-state index contributed by atoms with van der Waals surface area (Å²) in [7, 11) is 2.07. The van der Waals surface area contributed by atoms with Crippen molar-refractivity contribution in [1.29, 1.82) is 0 Å². The van der Waals surface area contributed by atoms with E-state index in [1.807, 2.05) is 12.1 Å². The molecule has 2 aromatic rings. The van der Waals surface area contributed by atoms with Crippen molar-refractivity contribution >= 4 is 11.9 Å². The summed E-state index contributed by atoms with van der Waals surface area (Å²) in [6.07, 6.45) is 5.28. The Bertz CT molecular complexity index is 840. The minimum Gasteiger partial charge on any atom is -0.308 e. The van der Waals surface area contributed by atoms with Gasteiger partial charge in [-0.05, 0) is 49.5 Å². The second-order valence-corrected chi connectivity index (χ2v) is 8.49. The van der Waals surface area contributed by atoms with E-state index in [0.29, 0.717) is 19.5 Å². The average molecular weight is 406 g/mol. The van der Waals surface area contributed by atoms with Gasteiger partial charge in [-0.2, -0.15) is 0 Å². The van der Waals surface area contributed by atoms with Crippen LogP contribution in [0.15, 0.2) is 54.6 Å². The van der Waals surface area contributed by atoms with E-state index in [0.717, 1.165) is 31.5 Å². The average Bonchev–Trinajstić information content (AvgIpc) is 3.00. The van der Waals surface area contributed by atoms with Crippen molar-refractivity contribution in [2.24, 2.45) is 0 Å². The zero-order chi connectivity index (χ0) is 20.9. The first-order chi connectivity index (χ1) is 14.6. The van der Waals surface area contributed by atoms with Gasteiger partial charge in [0.1, 0.15) is 6.04 Å². The Balaban J connectivity index is 1.19. The minimum atomic E-state index is -0.323. The van der Waals surface area contributed by atoms with E-state index in [2.05, 4.69) is 54.4 Å². The van der Waals surface area contributed by atoms with Crippen LogP contribution in [-0.4, -0.2) is 59.4 Å². The van der Waals surface area contributed by atoms with E-state index < -0.39 is 0 Å². The zero-order valence-corrected chi connectivity index (χ0v) is 17.8. The lowest BCUT2D eigenvalue weighted by atomic mass is 9.95. The molecule has 1 fully saturated rings. The summed E-state index contributed by atoms with van der Waals surface area (Å²) in [5.74, 6) is -0.0363. The highest BCUT2D eigenvalue weighted by atomic mass is 16.2. The standard InChI is InChI=1S/C25H31N3O2/c1-26(15-9-3-6-12-20-10-4-2-5-11-20)16-17-27-24(29)23-18-21-13-7-8-14-22(21)19-28(23)25(27)30/h2,4-5,7-8,10-11,13-14,23H,3,6,9,12,15-19H2,1H3/t23-/m0/s1. The molecule has 0 N–H and O–H groups in total. The Morgan fingerprint density at radius 1 is 0.900 bits per heavy atom. The lowest BCUT2D eigenvalue weighted by Gasteiger charge is -2.28. The van der Waals surface area contributed by atoms with Crippen LogP contribution < -0.4 is 0 Å². The van der Waals surface area contributed by atoms with Crippen LogP contribution in [0.1, 0.15) is 36.0 Å². The molecule has 3 amide bonds. The first-order valence-corrected chi connectivity index (χ1v) is 11.0. The quantitative estimate of drug-likeness (QED) is 0.472. The number of carbonyl (C=O) groups is 2. The minimum absolute atomic E-state index is 0.0363. The third kappa shape index (κ3) is 4.57. The number of rotatable bonds is 9. The first kappa shape index (κ1) is 20.6. The third-order valence-electron chi connectivity index (χ3n) is 6.33. The Morgan fingerprint density at radius 2 is 1.63 bits per heavy atom. The summed E-state index contributed by atoms with van der Waals surface area (Å²) in [6, 6.07) is 18.3. The second kappa shape index (κ2) is 9.43. The van der Waals surface area contributed by atoms with Gasteiger partial charge in [0.15, 0.2) is 0 Å². The van der Waals surface area contributed by atoms with Gasteiger partial charge in [0.2, 0.25) is 0 Å². The number of hydrogen-bond donors (Lipinski definition) is 0. The van der Waals surface area contributed by atoms with Crippen LogP contribution in [0.2, 0.25) is 0 Å². The molecule has 5 nitrogen and oxygen atoms in total. The number of nitrogens with zero attached hydrogens (tertiary/aromatic N) is 3. The normalized spacial score (nSPS) is 18.1. The molecule has 0 unspecified atom stereocenters. The largest absolute Gasteiger partial charge is 0.327 e. The van der Waals surface area contributed by atoms with Crippen LogP contribution in [0.4, 0.5) is 4.79 Å². The van der Waals surface area contributed by atoms with Crippen LogP contribution >= 0.6 is 0 Å². The van der Waals surface area contributed by atoms with Crippen molar-refractivity contribution in [2.75, 3.05) is 26.7 Å². The molecular weight excluding hydrogens is 374 g/mol. The van der Waals surface area contributed by atoms with Crippen LogP contribution in [0.3, 0.4) is 0 Å². The van der Waals surface area contributed by atoms with E-state index in [4.69, 9.17) is 0 Å². The molecule has 4 rings (SSSR count). The lowest BCUT2D eigenvalue weighted by Crippen LogP contribution is -2.40. The van der Waals surface area contributed by atoms with Gasteiger partial charge < -0.3 is 9.80 Å². The van der Waals surface area contributed by atoms with Gasteiger partial charge in [-0.1, -0.05) is 61.0 Å². The number of unbranched alkanes of at least 4 members (excludes halogenated alkanes) is 2. The zero-order valence-electron chi connectivity index (χ0n) is 17.8. The number of amides is 3. The maximum atomic E-state index is 12.9. The van der Waals surface area contributed by atoms with Crippen LogP contribution in [0, 0.1) is 0 Å². The van der Waals surface area contributed by atoms with Crippen LogP contribution in [0.25, 0.3) is 0 Å². The summed E-state index contributed by atoms with van der Waals surface area (Å²) in [4.78, 5) is 31.1. The highest BCUT2D eigenvalue weighted by Crippen LogP contribution is 2.29. The van der Waals surface area contributed by atoms with Crippen molar-refractivity contribution < 1.29 is 9.59 Å². The Morgan fingerprint density at radius 3 is 2.43 bits per heavy atom. The van der Waals surface area contributed by atoms with Gasteiger partial charge in [-0.3, -0.25) is 9.69 Å². The number of hydrogen-bond acceptors (Lipinski definition) is 3. The number of carbonyl (C=O) groups excluding carboxylic acids is 2. The van der Waals surface area contributed by atoms with Gasteiger partial charge >= 0.3 is 6.03 Å². The van der Waals surface area contributed by atoms with Crippen molar-refractivity contribution in [3.63, 3.8) is 0 Å². The Kier molecular flexibility index (Phi) is 6.48. The van der Waals surface area contributed by atoms with E-state index in [-0.39, 0.29) is 18.0 Å². The van der Waals surface area contributed by atoms with Gasteiger partial charge in [0.05, 0.1) is 0 Å². The van der Waals surface area contributed by atoms with Crippen molar-refractivity contribution in [3.8, 4) is 0 Å². The molecule has 0 aliphatic carbocycles. The molecule has 0 spiro atoms. The highest BCUT2D eigenvalue weighted by molar-refractivity contribution is 6.04. The third-order valence-corrected chi connectivity index (χ3v) is 6.33. The number of urea groups is 1. The van der Waals surface area contributed by atoms with Gasteiger partial charge in [-0.25, -0.2) is 4.79 Å². The maximum absolute atomic E-state index is 12.9. The highest BCUT2D eigenvalue weighted by Gasteiger charge is 2.46. The van der Waals surface area contributed by atoms with E-state index >= 15 is 0 Å². The molecule has 0 saturated carbocycles. The molecule has 2 heterocycles. The monoisotopic (exact) mass is 405 g/mol. The van der Waals surface area contributed by atoms with Crippen LogP contribution in [-0.2, 0) is 24.2 Å². The molecule has 1 saturated heterocycles. The fourth-order valence-electron chi connectivity index (χ4n) is 4.49. The molecular formula is C25H31N3O2. The van der Waals surface area contributed by atoms with E-state index in [1.165, 1.54) is 28.9 Å². The summed E-state index contributed by atoms with van der Waals surface area (Å²) in [5.41, 5.74) is 3.74. The molecule has 0 radical (unpaired) electrons. The number of aryl methyl sites for hydroxylation is 1. The molecule has 2 aromatic carbocycles. The number of likely N-dealkylation sites (N-methyl/N-ethyl adjacent to an activating group) is 1. The Labute approximate surface area is 179 Å². The summed E-state index contributed by atoms with van der Waals surface area (Å²) >= 11 is 0. The van der Waals surface area contributed by atoms with Gasteiger partial charge in [0.25, 0.3) is 5.91 Å². The summed E-state index contributed by atoms with van der Waals surface area (Å²) in [6.45, 7) is 2.73. The fourth-order valence-corrected chi connectivity index (χ4v) is 4.49. The van der Waals surface area contributed by atoms with Gasteiger partial charge in [0, 0.05) is 26.1 Å². The predicted octanol–water partition coefficient (Wildman–Crippen LogP) is 3.72. The number of imide groups is 1. The molecule has 2 aliphatic heterocycles. The van der Waals surface area contributed by atoms with E-state index in [9.17, 15) is 9.59 Å². The van der Waals surface area contributed by atoms with Gasteiger partial charge in [-0.15, -0.1) is 0 Å². The summed E-state index contributed by atoms with van der Waals surface area (Å²) in [5, 5.41) is 0. The second-order valence-electron chi connectivity index (χ2n) is 8.49. The van der Waals surface area contributed by atoms with Crippen molar-refractivity contribution in [2.45, 2.75) is 44.7 Å². The van der Waals surface area contributed by atoms with Crippen molar-refractivity contribution in [3.05, 3.63) is 71.3 Å². The smallest absolute Gasteiger partial charge is 0.308 e. The SMILES string of the molecule is CN(CCCCCc1ccccc1)CCN1C(=O)[C@@H]2Cc3ccccc3CN2C1=O. The Hall–Kier alpha value is -2.66. The predicted molar refractivity (Wildman–Crippen MR) is 118 cm³/mol. The molecule has 158 valence electrons. The van der Waals surface area contributed by atoms with Crippen molar-refractivity contribution in [1.82, 2.24) is 14.7 Å². The molecule has 0 aromatic heterocycles. The lowest BCUT2D eigenvalue weighted by molar-refractivity contribution is -0.128. The van der Waals surface area contributed by atoms with E-state index in [1.54, 1.807) is 4.90 Å². The molecule has 30 heavy (non-hydrogen) atoms.